The number of hydrogen-bond donors (Lipinski definition) is 6. The third kappa shape index (κ3) is 46.1. The molecule has 1 fully saturated rings. The molecule has 1 heterocycles. The molecule has 0 aromatic rings. The Kier molecular flexibility index (Phi) is 56.3. The molecule has 82 heavy (non-hydrogen) atoms. The first-order valence-corrected chi connectivity index (χ1v) is 35.3. The average molecular weight is 1160 g/mol. The molecule has 8 atom stereocenters. The summed E-state index contributed by atoms with van der Waals surface area (Å²) in [5.41, 5.74) is 0. The zero-order valence-corrected chi connectivity index (χ0v) is 53.6. The molecule has 482 valence electrons. The fourth-order valence-corrected chi connectivity index (χ4v) is 11.3. The molecule has 0 aromatic heterocycles. The van der Waals surface area contributed by atoms with Crippen LogP contribution in [0.2, 0.25) is 0 Å². The first-order valence-electron chi connectivity index (χ1n) is 35.3. The number of hydrogen-bond acceptors (Lipinski definition) is 10. The number of aliphatic hydroxyl groups excluding tert-OH is 5. The summed E-state index contributed by atoms with van der Waals surface area (Å²) in [4.78, 5) is 26.6. The van der Waals surface area contributed by atoms with Gasteiger partial charge >= 0.3 is 5.97 Å². The van der Waals surface area contributed by atoms with E-state index in [0.717, 1.165) is 89.9 Å². The number of carbonyl (C=O) groups excluding carboxylic acids is 2. The molecular weight excluding hydrogens is 1030 g/mol. The van der Waals surface area contributed by atoms with E-state index in [-0.39, 0.29) is 19.4 Å². The van der Waals surface area contributed by atoms with Gasteiger partial charge in [0.2, 0.25) is 5.91 Å². The Bertz CT molecular complexity index is 1470. The van der Waals surface area contributed by atoms with Gasteiger partial charge in [-0.3, -0.25) is 9.59 Å². The van der Waals surface area contributed by atoms with Crippen molar-refractivity contribution in [3.05, 3.63) is 36.5 Å². The molecule has 0 saturated carbocycles. The Morgan fingerprint density at radius 1 is 0.488 bits per heavy atom. The highest BCUT2D eigenvalue weighted by Crippen LogP contribution is 2.26. The molecule has 0 radical (unpaired) electrons. The lowest BCUT2D eigenvalue weighted by atomic mass is 9.99. The summed E-state index contributed by atoms with van der Waals surface area (Å²) >= 11 is 0. The lowest BCUT2D eigenvalue weighted by Gasteiger charge is -2.41. The lowest BCUT2D eigenvalue weighted by Crippen LogP contribution is -2.61. The van der Waals surface area contributed by atoms with E-state index in [1.165, 1.54) is 205 Å². The van der Waals surface area contributed by atoms with Gasteiger partial charge in [-0.1, -0.05) is 320 Å². The normalized spacial score (nSPS) is 18.8. The van der Waals surface area contributed by atoms with Crippen LogP contribution in [0.25, 0.3) is 0 Å². The summed E-state index contributed by atoms with van der Waals surface area (Å²) in [6, 6.07) is -1.03. The topological polar surface area (TPSA) is 175 Å². The van der Waals surface area contributed by atoms with Gasteiger partial charge in [-0.25, -0.2) is 0 Å². The molecular formula is C71H133NO10. The largest absolute Gasteiger partial charge is 0.454 e. The van der Waals surface area contributed by atoms with Crippen molar-refractivity contribution >= 4 is 11.9 Å². The van der Waals surface area contributed by atoms with E-state index in [4.69, 9.17) is 14.2 Å². The van der Waals surface area contributed by atoms with Crippen molar-refractivity contribution < 1.29 is 49.3 Å². The van der Waals surface area contributed by atoms with Gasteiger partial charge in [-0.05, 0) is 51.4 Å². The first-order chi connectivity index (χ1) is 40.2. The molecule has 1 aliphatic rings. The van der Waals surface area contributed by atoms with E-state index in [2.05, 4.69) is 50.4 Å². The Morgan fingerprint density at radius 2 is 0.878 bits per heavy atom. The number of esters is 1. The maximum atomic E-state index is 13.4. The highest BCUT2D eigenvalue weighted by Gasteiger charge is 2.47. The molecule has 11 heteroatoms. The number of amides is 1. The number of nitrogens with one attached hydrogen (secondary N) is 1. The van der Waals surface area contributed by atoms with Crippen molar-refractivity contribution in [2.24, 2.45) is 0 Å². The standard InChI is InChI=1S/C71H133NO10/c1-4-7-10-13-16-19-22-25-26-27-28-29-30-31-32-33-34-35-36-37-38-41-44-47-50-53-56-59-66(76)82-69-68(78)67(77)65(60-73)81-71(69)80-61-62(63(74)57-54-51-48-45-42-39-23-20-17-14-11-8-5-2)72-70(79)64(75)58-55-52-49-46-43-40-24-21-18-15-12-9-6-3/h9,12,18,21,54,57,62-65,67-69,71,73-75,77-78H,4-8,10-11,13-17,19-20,22-53,55-56,58-61H2,1-3H3,(H,72,79)/b12-9+,21-18+,57-54+. The lowest BCUT2D eigenvalue weighted by molar-refractivity contribution is -0.305. The molecule has 1 aliphatic heterocycles. The van der Waals surface area contributed by atoms with Crippen LogP contribution < -0.4 is 5.32 Å². The predicted molar refractivity (Wildman–Crippen MR) is 343 cm³/mol. The molecule has 11 nitrogen and oxygen atoms in total. The van der Waals surface area contributed by atoms with Gasteiger partial charge in [0.1, 0.15) is 24.4 Å². The number of unbranched alkanes of at least 4 members (excludes halogenated alkanes) is 43. The van der Waals surface area contributed by atoms with Crippen molar-refractivity contribution in [2.75, 3.05) is 13.2 Å². The van der Waals surface area contributed by atoms with Gasteiger partial charge < -0.3 is 45.1 Å². The van der Waals surface area contributed by atoms with Crippen LogP contribution in [0, 0.1) is 0 Å². The molecule has 1 saturated heterocycles. The Balaban J connectivity index is 2.52. The van der Waals surface area contributed by atoms with Crippen molar-refractivity contribution in [2.45, 2.75) is 391 Å². The van der Waals surface area contributed by atoms with E-state index in [1.807, 2.05) is 6.08 Å². The average Bonchev–Trinajstić information content (AvgIpc) is 3.45. The maximum Gasteiger partial charge on any atom is 0.306 e. The van der Waals surface area contributed by atoms with Gasteiger partial charge in [-0.15, -0.1) is 0 Å². The van der Waals surface area contributed by atoms with Crippen LogP contribution in [0.3, 0.4) is 0 Å². The monoisotopic (exact) mass is 1160 g/mol. The molecule has 0 aromatic carbocycles. The Morgan fingerprint density at radius 3 is 1.30 bits per heavy atom. The van der Waals surface area contributed by atoms with Crippen LogP contribution >= 0.6 is 0 Å². The van der Waals surface area contributed by atoms with Crippen LogP contribution in [0.15, 0.2) is 36.5 Å². The SMILES string of the molecule is CC/C=C/C/C=C/CCCCCCCCC(O)C(=O)NC(COC1OC(CO)C(O)C(O)C1OC(=O)CCCCCCCCCCCCCCCCCCCCCCCCCCCCC)C(O)/C=C/CCCCCCCCCCCCC. The number of allylic oxidation sites excluding steroid dienone is 5. The number of ether oxygens (including phenoxy) is 3. The minimum absolute atomic E-state index is 0.128. The number of rotatable bonds is 61. The van der Waals surface area contributed by atoms with Crippen molar-refractivity contribution in [1.29, 1.82) is 0 Å². The highest BCUT2D eigenvalue weighted by atomic mass is 16.7. The van der Waals surface area contributed by atoms with Crippen molar-refractivity contribution in [1.82, 2.24) is 5.32 Å². The summed E-state index contributed by atoms with van der Waals surface area (Å²) in [5.74, 6) is -1.19. The van der Waals surface area contributed by atoms with Gasteiger partial charge in [0, 0.05) is 6.42 Å². The first kappa shape index (κ1) is 77.9. The molecule has 0 bridgehead atoms. The molecule has 8 unspecified atom stereocenters. The fraction of sp³-hybridized carbons (Fsp3) is 0.887. The number of aliphatic hydroxyl groups is 5. The summed E-state index contributed by atoms with van der Waals surface area (Å²) in [5, 5.41) is 57.1. The minimum Gasteiger partial charge on any atom is -0.454 e. The number of carbonyl (C=O) groups is 2. The van der Waals surface area contributed by atoms with E-state index in [1.54, 1.807) is 6.08 Å². The molecule has 6 N–H and O–H groups in total. The predicted octanol–water partition coefficient (Wildman–Crippen LogP) is 17.8. The second kappa shape index (κ2) is 59.2. The van der Waals surface area contributed by atoms with Gasteiger partial charge in [0.05, 0.1) is 25.4 Å². The van der Waals surface area contributed by atoms with Gasteiger partial charge in [0.15, 0.2) is 12.4 Å². The van der Waals surface area contributed by atoms with E-state index in [0.29, 0.717) is 12.8 Å². The summed E-state index contributed by atoms with van der Waals surface area (Å²) in [7, 11) is 0. The van der Waals surface area contributed by atoms with Crippen LogP contribution in [0.1, 0.15) is 342 Å². The smallest absolute Gasteiger partial charge is 0.306 e. The second-order valence-electron chi connectivity index (χ2n) is 24.6. The molecule has 1 amide bonds. The van der Waals surface area contributed by atoms with Crippen LogP contribution in [0.5, 0.6) is 0 Å². The van der Waals surface area contributed by atoms with E-state index in [9.17, 15) is 35.1 Å². The third-order valence-corrected chi connectivity index (χ3v) is 16.8. The highest BCUT2D eigenvalue weighted by molar-refractivity contribution is 5.80. The third-order valence-electron chi connectivity index (χ3n) is 16.8. The summed E-state index contributed by atoms with van der Waals surface area (Å²) in [6.45, 7) is 5.72. The molecule has 0 spiro atoms. The zero-order chi connectivity index (χ0) is 59.6. The molecule has 1 rings (SSSR count). The Labute approximate surface area is 504 Å². The van der Waals surface area contributed by atoms with E-state index < -0.39 is 67.4 Å². The van der Waals surface area contributed by atoms with Gasteiger partial charge in [-0.2, -0.15) is 0 Å². The van der Waals surface area contributed by atoms with E-state index >= 15 is 0 Å². The fourth-order valence-electron chi connectivity index (χ4n) is 11.3. The van der Waals surface area contributed by atoms with Crippen molar-refractivity contribution in [3.63, 3.8) is 0 Å². The maximum absolute atomic E-state index is 13.4. The quantitative estimate of drug-likeness (QED) is 0.0195. The van der Waals surface area contributed by atoms with Crippen LogP contribution in [-0.4, -0.2) is 99.6 Å². The minimum atomic E-state index is -1.61. The molecule has 0 aliphatic carbocycles. The van der Waals surface area contributed by atoms with Crippen molar-refractivity contribution in [3.8, 4) is 0 Å². The summed E-state index contributed by atoms with van der Waals surface area (Å²) < 4.78 is 17.7. The summed E-state index contributed by atoms with van der Waals surface area (Å²) in [6.07, 6.45) is 62.1. The van der Waals surface area contributed by atoms with Crippen LogP contribution in [0.4, 0.5) is 0 Å². The zero-order valence-electron chi connectivity index (χ0n) is 53.6. The van der Waals surface area contributed by atoms with Gasteiger partial charge in [0.25, 0.3) is 0 Å². The Hall–Kier alpha value is -2.12. The second-order valence-corrected chi connectivity index (χ2v) is 24.6. The van der Waals surface area contributed by atoms with Crippen LogP contribution in [-0.2, 0) is 23.8 Å².